The van der Waals surface area contributed by atoms with Crippen LogP contribution in [0, 0.1) is 0 Å². The first-order valence-corrected chi connectivity index (χ1v) is 4.04. The predicted molar refractivity (Wildman–Crippen MR) is 46.8 cm³/mol. The van der Waals surface area contributed by atoms with E-state index in [9.17, 15) is 0 Å². The van der Waals surface area contributed by atoms with Crippen molar-refractivity contribution in [2.24, 2.45) is 0 Å². The third-order valence-electron chi connectivity index (χ3n) is 0.774. The molecule has 64 valence electrons. The topological polar surface area (TPSA) is 43.7 Å². The molecular weight excluding hydrogens is 149 g/mol. The molecular formula is C6H18NO2P. The highest BCUT2D eigenvalue weighted by Gasteiger charge is 1.92. The van der Waals surface area contributed by atoms with Crippen molar-refractivity contribution in [2.75, 3.05) is 26.3 Å². The van der Waals surface area contributed by atoms with Gasteiger partial charge in [0, 0.05) is 13.1 Å². The lowest BCUT2D eigenvalue weighted by molar-refractivity contribution is 0.225. The van der Waals surface area contributed by atoms with E-state index in [4.69, 9.17) is 10.2 Å². The van der Waals surface area contributed by atoms with Gasteiger partial charge < -0.3 is 10.2 Å². The second-order valence-electron chi connectivity index (χ2n) is 1.48. The molecule has 1 unspecified atom stereocenters. The number of hydrogen-bond acceptors (Lipinski definition) is 3. The Kier molecular flexibility index (Phi) is 15.6. The van der Waals surface area contributed by atoms with Crippen LogP contribution in [0.2, 0.25) is 0 Å². The fourth-order valence-electron chi connectivity index (χ4n) is 0.369. The molecule has 0 radical (unpaired) electrons. The first-order valence-electron chi connectivity index (χ1n) is 3.52. The molecule has 0 aliphatic rings. The van der Waals surface area contributed by atoms with Crippen LogP contribution in [0.25, 0.3) is 0 Å². The molecule has 0 saturated carbocycles. The average Bonchev–Trinajstić information content (AvgIpc) is 1.93. The molecule has 1 atom stereocenters. The van der Waals surface area contributed by atoms with Crippen LogP contribution in [0.3, 0.4) is 0 Å². The van der Waals surface area contributed by atoms with Gasteiger partial charge in [-0.3, -0.25) is 4.67 Å². The Bertz CT molecular complexity index is 49.0. The number of aliphatic hydroxyl groups is 2. The van der Waals surface area contributed by atoms with E-state index in [-0.39, 0.29) is 13.2 Å². The van der Waals surface area contributed by atoms with Crippen molar-refractivity contribution < 1.29 is 10.2 Å². The molecule has 4 heteroatoms. The highest BCUT2D eigenvalue weighted by atomic mass is 31.0. The molecule has 3 nitrogen and oxygen atoms in total. The van der Waals surface area contributed by atoms with Crippen molar-refractivity contribution >= 4 is 9.39 Å². The first kappa shape index (κ1) is 12.9. The molecule has 0 rings (SSSR count). The van der Waals surface area contributed by atoms with Crippen molar-refractivity contribution in [3.05, 3.63) is 0 Å². The molecule has 0 bridgehead atoms. The molecule has 0 fully saturated rings. The van der Waals surface area contributed by atoms with E-state index in [0.29, 0.717) is 13.1 Å². The molecule has 0 heterocycles. The summed E-state index contributed by atoms with van der Waals surface area (Å²) in [6.07, 6.45) is 0. The van der Waals surface area contributed by atoms with Gasteiger partial charge in [-0.05, 0) is 0 Å². The van der Waals surface area contributed by atoms with Gasteiger partial charge in [-0.15, -0.1) is 0 Å². The second-order valence-corrected chi connectivity index (χ2v) is 2.21. The molecule has 0 aromatic rings. The minimum absolute atomic E-state index is 0.142. The zero-order valence-corrected chi connectivity index (χ0v) is 7.90. The van der Waals surface area contributed by atoms with E-state index in [1.807, 2.05) is 13.8 Å². The smallest absolute Gasteiger partial charge is 0.0561 e. The van der Waals surface area contributed by atoms with Crippen molar-refractivity contribution in [1.29, 1.82) is 0 Å². The Morgan fingerprint density at radius 3 is 1.60 bits per heavy atom. The zero-order valence-electron chi connectivity index (χ0n) is 6.75. The summed E-state index contributed by atoms with van der Waals surface area (Å²) in [5.74, 6) is 0. The van der Waals surface area contributed by atoms with E-state index in [2.05, 4.69) is 9.39 Å². The van der Waals surface area contributed by atoms with Crippen LogP contribution in [-0.2, 0) is 0 Å². The molecule has 0 aliphatic carbocycles. The van der Waals surface area contributed by atoms with Crippen LogP contribution >= 0.6 is 9.39 Å². The van der Waals surface area contributed by atoms with Crippen LogP contribution in [0.4, 0.5) is 0 Å². The molecule has 0 aromatic carbocycles. The van der Waals surface area contributed by atoms with Crippen molar-refractivity contribution in [1.82, 2.24) is 4.67 Å². The third-order valence-corrected chi connectivity index (χ3v) is 1.29. The van der Waals surface area contributed by atoms with Crippen LogP contribution in [0.5, 0.6) is 0 Å². The van der Waals surface area contributed by atoms with Crippen molar-refractivity contribution in [3.8, 4) is 0 Å². The maximum atomic E-state index is 8.33. The van der Waals surface area contributed by atoms with E-state index in [1.54, 1.807) is 4.67 Å². The average molecular weight is 167 g/mol. The quantitative estimate of drug-likeness (QED) is 0.583. The molecule has 10 heavy (non-hydrogen) atoms. The fourth-order valence-corrected chi connectivity index (χ4v) is 0.600. The summed E-state index contributed by atoms with van der Waals surface area (Å²) in [5, 5.41) is 16.7. The summed E-state index contributed by atoms with van der Waals surface area (Å²) < 4.78 is 1.78. The SMILES string of the molecule is CC.OCCN(P)CCO. The summed E-state index contributed by atoms with van der Waals surface area (Å²) in [7, 11) is 2.41. The minimum Gasteiger partial charge on any atom is -0.395 e. The summed E-state index contributed by atoms with van der Waals surface area (Å²) in [5.41, 5.74) is 0. The van der Waals surface area contributed by atoms with Gasteiger partial charge in [0.15, 0.2) is 0 Å². The molecule has 0 aromatic heterocycles. The lowest BCUT2D eigenvalue weighted by atomic mass is 10.6. The summed E-state index contributed by atoms with van der Waals surface area (Å²) >= 11 is 0. The van der Waals surface area contributed by atoms with Gasteiger partial charge in [0.1, 0.15) is 0 Å². The highest BCUT2D eigenvalue weighted by molar-refractivity contribution is 7.13. The van der Waals surface area contributed by atoms with Crippen LogP contribution in [0.15, 0.2) is 0 Å². The molecule has 0 amide bonds. The van der Waals surface area contributed by atoms with E-state index in [0.717, 1.165) is 0 Å². The van der Waals surface area contributed by atoms with Gasteiger partial charge in [0.25, 0.3) is 0 Å². The Morgan fingerprint density at radius 2 is 1.40 bits per heavy atom. The Balaban J connectivity index is 0. The zero-order chi connectivity index (χ0) is 8.41. The standard InChI is InChI=1S/C4H12NO2P.C2H6/c6-3-1-5(8)2-4-7;1-2/h6-7H,1-4,8H2;1-2H3. The maximum Gasteiger partial charge on any atom is 0.0561 e. The van der Waals surface area contributed by atoms with E-state index >= 15 is 0 Å². The summed E-state index contributed by atoms with van der Waals surface area (Å²) in [6, 6.07) is 0. The van der Waals surface area contributed by atoms with Crippen LogP contribution in [-0.4, -0.2) is 41.2 Å². The largest absolute Gasteiger partial charge is 0.395 e. The summed E-state index contributed by atoms with van der Waals surface area (Å²) in [4.78, 5) is 0. The van der Waals surface area contributed by atoms with E-state index < -0.39 is 0 Å². The molecule has 0 spiro atoms. The monoisotopic (exact) mass is 167 g/mol. The van der Waals surface area contributed by atoms with Gasteiger partial charge in [0.2, 0.25) is 0 Å². The Hall–Kier alpha value is 0.310. The van der Waals surface area contributed by atoms with E-state index in [1.165, 1.54) is 0 Å². The van der Waals surface area contributed by atoms with Crippen LogP contribution in [0.1, 0.15) is 13.8 Å². The lowest BCUT2D eigenvalue weighted by Gasteiger charge is -2.11. The number of aliphatic hydroxyl groups excluding tert-OH is 2. The Morgan fingerprint density at radius 1 is 1.10 bits per heavy atom. The van der Waals surface area contributed by atoms with Gasteiger partial charge in [-0.25, -0.2) is 0 Å². The molecule has 2 N–H and O–H groups in total. The van der Waals surface area contributed by atoms with Crippen molar-refractivity contribution in [2.45, 2.75) is 13.8 Å². The molecule has 0 aliphatic heterocycles. The lowest BCUT2D eigenvalue weighted by Crippen LogP contribution is -2.19. The van der Waals surface area contributed by atoms with Gasteiger partial charge in [-0.1, -0.05) is 23.2 Å². The Labute approximate surface area is 65.3 Å². The summed E-state index contributed by atoms with van der Waals surface area (Å²) in [6.45, 7) is 5.49. The second kappa shape index (κ2) is 12.0. The maximum absolute atomic E-state index is 8.33. The van der Waals surface area contributed by atoms with Gasteiger partial charge >= 0.3 is 0 Å². The first-order chi connectivity index (χ1) is 4.81. The van der Waals surface area contributed by atoms with Crippen LogP contribution < -0.4 is 0 Å². The van der Waals surface area contributed by atoms with Gasteiger partial charge in [0.05, 0.1) is 13.2 Å². The number of hydrogen-bond donors (Lipinski definition) is 2. The minimum atomic E-state index is 0.142. The molecule has 0 saturated heterocycles. The highest BCUT2D eigenvalue weighted by Crippen LogP contribution is 1.93. The van der Waals surface area contributed by atoms with Crippen molar-refractivity contribution in [3.63, 3.8) is 0 Å². The normalized spacial score (nSPS) is 9.00. The van der Waals surface area contributed by atoms with Gasteiger partial charge in [-0.2, -0.15) is 0 Å². The predicted octanol–water partition coefficient (Wildman–Crippen LogP) is 0.0893. The number of rotatable bonds is 4. The fraction of sp³-hybridized carbons (Fsp3) is 1.00. The third kappa shape index (κ3) is 11.2. The number of nitrogens with zero attached hydrogens (tertiary/aromatic N) is 1.